The van der Waals surface area contributed by atoms with Gasteiger partial charge in [0.25, 0.3) is 33.7 Å². The Morgan fingerprint density at radius 1 is 0.324 bits per heavy atom. The molecule has 8 N–H and O–H groups in total. The van der Waals surface area contributed by atoms with Crippen LogP contribution in [0.5, 0.6) is 34.5 Å². The van der Waals surface area contributed by atoms with E-state index in [1.165, 1.54) is 30.3 Å². The van der Waals surface area contributed by atoms with E-state index in [1.807, 2.05) is 213 Å². The highest BCUT2D eigenvalue weighted by Crippen LogP contribution is 2.36. The molecule has 780 valence electrons. The molecular weight excluding hydrogens is 1980 g/mol. The molecule has 3 aliphatic heterocycles. The lowest BCUT2D eigenvalue weighted by Crippen LogP contribution is -2.38. The summed E-state index contributed by atoms with van der Waals surface area (Å²) < 4.78 is 81.7. The summed E-state index contributed by atoms with van der Waals surface area (Å²) in [6.07, 6.45) is 0.715. The lowest BCUT2D eigenvalue weighted by atomic mass is 10.0. The summed E-state index contributed by atoms with van der Waals surface area (Å²) in [4.78, 5) is 110. The summed E-state index contributed by atoms with van der Waals surface area (Å²) in [5.41, 5.74) is 9.74. The van der Waals surface area contributed by atoms with Gasteiger partial charge in [0.2, 0.25) is 0 Å². The number of aromatic carboxylic acids is 1. The first-order valence-corrected chi connectivity index (χ1v) is 51.3. The van der Waals surface area contributed by atoms with Crippen molar-refractivity contribution in [2.45, 2.75) is 93.0 Å². The molecule has 3 aliphatic rings. The van der Waals surface area contributed by atoms with Crippen LogP contribution in [0.4, 0.5) is 22.7 Å². The number of carbonyl (C=O) groups excluding carboxylic acids is 7. The summed E-state index contributed by atoms with van der Waals surface area (Å²) in [5.74, 6) is -2.65. The van der Waals surface area contributed by atoms with Gasteiger partial charge in [0, 0.05) is 87.5 Å². The van der Waals surface area contributed by atoms with Gasteiger partial charge < -0.3 is 84.0 Å². The number of amides is 4. The van der Waals surface area contributed by atoms with Gasteiger partial charge in [0.1, 0.15) is 71.1 Å². The third-order valence-electron chi connectivity index (χ3n) is 22.6. The van der Waals surface area contributed by atoms with Crippen LogP contribution in [0.25, 0.3) is 44.5 Å². The Kier molecular flexibility index (Phi) is 42.0. The van der Waals surface area contributed by atoms with Gasteiger partial charge >= 0.3 is 23.9 Å². The number of carbonyl (C=O) groups is 8. The molecule has 0 aliphatic carbocycles. The molecule has 15 rings (SSSR count). The second-order valence-corrected chi connectivity index (χ2v) is 39.9. The van der Waals surface area contributed by atoms with Crippen molar-refractivity contribution < 1.29 is 114 Å². The van der Waals surface area contributed by atoms with Crippen LogP contribution in [0.3, 0.4) is 0 Å². The molecule has 3 fully saturated rings. The van der Waals surface area contributed by atoms with Crippen LogP contribution in [0, 0.1) is 13.8 Å². The fourth-order valence-corrected chi connectivity index (χ4v) is 15.5. The van der Waals surface area contributed by atoms with E-state index in [1.54, 1.807) is 99.6 Å². The highest BCUT2D eigenvalue weighted by Gasteiger charge is 2.29. The number of anilines is 4. The van der Waals surface area contributed by atoms with Gasteiger partial charge in [-0.05, 0) is 241 Å². The summed E-state index contributed by atoms with van der Waals surface area (Å²) >= 11 is 3.33. The van der Waals surface area contributed by atoms with Gasteiger partial charge in [-0.15, -0.1) is 0 Å². The molecule has 12 aromatic rings. The first kappa shape index (κ1) is 114. The molecule has 0 unspecified atom stereocenters. The number of phenols is 2. The van der Waals surface area contributed by atoms with Crippen LogP contribution in [0.2, 0.25) is 0 Å². The standard InChI is InChI=1S/C31H36N2O5.C30H34N2O6.C27H28BrNO4.C26H26N2O6.CH4O3S/c1-22-20-25(37-19-16-33-14-17-36-18-15-33)11-13-26(22)29(34)32-28-21-24(23-8-6-5-7-9-23)10-12-27(28)30(35)38-31(2,3)4;1-30(2,3)38-29(35)24-11-9-22(21-7-5-4-6-8-21)19-26(24)31-28(34)25-12-10-23(20-27(25)33)37-18-15-32-13-16-36-17-14-32;1-18-16-21(32-15-14-28)11-13-22(18)25(30)29-24-17-20(19-8-6-5-7-9-19)10-12-23(24)26(31)33-27(2,3)4;29-24-17-20(34-15-12-28-10-13-33-14-11-28)7-9-22(24)25(30)27-23-16-19(6-8-21(23)26(31)32)18-4-2-1-3-5-18;1-5(2,3)4/h5-13,20-21H,14-19H2,1-4H3,(H,32,34);4-12,19-20,33H,13-18H2,1-3H3,(H,31,34);5-13,16-17H,14-15H2,1-4H3,(H,29,30);1-9,16-17,29H,10-15H2,(H,27,30)(H,31,32);1H3,(H,2,3,4). The normalized spacial score (nSPS) is 13.3. The fraction of sp³-hybridized carbons (Fsp3) is 0.304. The average molecular weight is 2100 g/mol. The number of hydrogen-bond donors (Lipinski definition) is 8. The maximum Gasteiger partial charge on any atom is 0.340 e. The number of nitrogens with zero attached hydrogens (tertiary/aromatic N) is 3. The van der Waals surface area contributed by atoms with Crippen molar-refractivity contribution in [2.75, 3.05) is 158 Å². The van der Waals surface area contributed by atoms with Crippen molar-refractivity contribution in [1.29, 1.82) is 0 Å². The minimum atomic E-state index is -3.67. The second-order valence-electron chi connectivity index (χ2n) is 37.6. The zero-order valence-corrected chi connectivity index (χ0v) is 87.5. The van der Waals surface area contributed by atoms with Crippen molar-refractivity contribution in [3.63, 3.8) is 0 Å². The number of alkyl halides is 1. The Bertz CT molecular complexity index is 6440. The molecule has 0 aromatic heterocycles. The number of hydrogen-bond acceptors (Lipinski definition) is 25. The second kappa shape index (κ2) is 54.7. The van der Waals surface area contributed by atoms with E-state index < -0.39 is 62.6 Å². The number of morpholine rings is 3. The smallest absolute Gasteiger partial charge is 0.340 e. The van der Waals surface area contributed by atoms with E-state index in [0.717, 1.165) is 133 Å². The van der Waals surface area contributed by atoms with Crippen molar-refractivity contribution >= 4 is 96.3 Å². The number of carboxylic acid groups (broad SMARTS) is 1. The van der Waals surface area contributed by atoms with Crippen LogP contribution in [0.15, 0.2) is 267 Å². The zero-order chi connectivity index (χ0) is 107. The van der Waals surface area contributed by atoms with Crippen molar-refractivity contribution in [3.05, 3.63) is 323 Å². The molecule has 33 heteroatoms. The molecule has 0 saturated carbocycles. The zero-order valence-electron chi connectivity index (χ0n) is 85.1. The first-order chi connectivity index (χ1) is 70.6. The van der Waals surface area contributed by atoms with Crippen molar-refractivity contribution in [1.82, 2.24) is 14.7 Å². The quantitative estimate of drug-likeness (QED) is 0.00866. The fourth-order valence-electron chi connectivity index (χ4n) is 15.4. The minimum Gasteiger partial charge on any atom is -0.507 e. The van der Waals surface area contributed by atoms with E-state index >= 15 is 0 Å². The number of esters is 3. The molecule has 12 aromatic carbocycles. The summed E-state index contributed by atoms with van der Waals surface area (Å²) in [7, 11) is -3.67. The maximum absolute atomic E-state index is 13.4. The molecule has 148 heavy (non-hydrogen) atoms. The average Bonchev–Trinajstić information content (AvgIpc) is 0.817. The summed E-state index contributed by atoms with van der Waals surface area (Å²) in [5, 5.41) is 42.6. The number of rotatable bonds is 31. The molecule has 31 nitrogen and oxygen atoms in total. The molecule has 0 spiro atoms. The number of nitrogens with one attached hydrogen (secondary N) is 4. The lowest BCUT2D eigenvalue weighted by Gasteiger charge is -2.26. The Morgan fingerprint density at radius 3 is 0.797 bits per heavy atom. The van der Waals surface area contributed by atoms with Gasteiger partial charge in [-0.25, -0.2) is 19.2 Å². The Balaban J connectivity index is 0.000000185. The number of aryl methyl sites for hydroxylation is 2. The molecular formula is C115H128BrN7O24S. The minimum absolute atomic E-state index is 0.0157. The number of carboxylic acids is 1. The monoisotopic (exact) mass is 2100 g/mol. The molecule has 0 atom stereocenters. The lowest BCUT2D eigenvalue weighted by molar-refractivity contribution is 0.00580. The number of aromatic hydroxyl groups is 2. The highest BCUT2D eigenvalue weighted by molar-refractivity contribution is 9.09. The Hall–Kier alpha value is -14.7. The molecule has 3 saturated heterocycles. The van der Waals surface area contributed by atoms with E-state index in [-0.39, 0.29) is 56.9 Å². The van der Waals surface area contributed by atoms with Gasteiger partial charge in [0.15, 0.2) is 0 Å². The van der Waals surface area contributed by atoms with E-state index in [2.05, 4.69) is 51.9 Å². The van der Waals surface area contributed by atoms with Crippen LogP contribution in [-0.2, 0) is 38.5 Å². The largest absolute Gasteiger partial charge is 0.507 e. The van der Waals surface area contributed by atoms with Crippen molar-refractivity contribution in [3.8, 4) is 79.0 Å². The predicted octanol–water partition coefficient (Wildman–Crippen LogP) is 20.4. The van der Waals surface area contributed by atoms with Gasteiger partial charge in [0.05, 0.1) is 109 Å². The van der Waals surface area contributed by atoms with Crippen LogP contribution in [-0.4, -0.2) is 244 Å². The predicted molar refractivity (Wildman–Crippen MR) is 575 cm³/mol. The SMILES string of the molecule is CC(C)(C)OC(=O)c1ccc(-c2ccccc2)cc1NC(=O)c1ccc(OCCN2CCOCC2)cc1O.CS(=O)(=O)O.Cc1cc(OCCBr)ccc1C(=O)Nc1cc(-c2ccccc2)ccc1C(=O)OC(C)(C)C.Cc1cc(OCCN2CCOCC2)ccc1C(=O)Nc1cc(-c2ccccc2)ccc1C(=O)OC(C)(C)C.O=C(Nc1cc(-c2ccccc2)ccc1C(=O)O)c1ccc(OCCN2CCOCC2)cc1O. The van der Waals surface area contributed by atoms with Crippen molar-refractivity contribution in [2.24, 2.45) is 0 Å². The van der Waals surface area contributed by atoms with Gasteiger partial charge in [-0.2, -0.15) is 8.42 Å². The number of halogens is 1. The van der Waals surface area contributed by atoms with E-state index in [0.29, 0.717) is 116 Å². The highest BCUT2D eigenvalue weighted by atomic mass is 79.9. The Morgan fingerprint density at radius 2 is 0.554 bits per heavy atom. The molecule has 0 radical (unpaired) electrons. The molecule has 3 heterocycles. The third kappa shape index (κ3) is 36.8. The van der Waals surface area contributed by atoms with Crippen LogP contribution >= 0.6 is 15.9 Å². The van der Waals surface area contributed by atoms with E-state index in [9.17, 15) is 62.1 Å². The van der Waals surface area contributed by atoms with Gasteiger partial charge in [-0.1, -0.05) is 162 Å². The number of ether oxygens (including phenoxy) is 10. The molecule has 0 bridgehead atoms. The number of benzene rings is 12. The third-order valence-corrected chi connectivity index (χ3v) is 22.9. The Labute approximate surface area is 872 Å². The topological polar surface area (TPSA) is 402 Å². The molecule has 4 amide bonds. The van der Waals surface area contributed by atoms with E-state index in [4.69, 9.17) is 51.9 Å². The summed E-state index contributed by atoms with van der Waals surface area (Å²) in [6.45, 7) is 33.9. The summed E-state index contributed by atoms with van der Waals surface area (Å²) in [6, 6.07) is 79.0. The van der Waals surface area contributed by atoms with Crippen LogP contribution < -0.4 is 40.2 Å². The van der Waals surface area contributed by atoms with Gasteiger partial charge in [-0.3, -0.25) is 38.4 Å². The number of phenolic OH excluding ortho intramolecular Hbond substituents is 2. The maximum atomic E-state index is 13.4. The van der Waals surface area contributed by atoms with Crippen LogP contribution in [0.1, 0.15) is 156 Å². The first-order valence-electron chi connectivity index (χ1n) is 48.3.